The Morgan fingerprint density at radius 3 is 2.32 bits per heavy atom. The van der Waals surface area contributed by atoms with Gasteiger partial charge in [-0.3, -0.25) is 4.21 Å². The lowest BCUT2D eigenvalue weighted by atomic mass is 10.1. The molecule has 0 saturated carbocycles. The van der Waals surface area contributed by atoms with E-state index in [2.05, 4.69) is 0 Å². The fraction of sp³-hybridized carbons (Fsp3) is 0.250. The Morgan fingerprint density at radius 2 is 1.68 bits per heavy atom. The van der Waals surface area contributed by atoms with E-state index in [1.165, 1.54) is 5.56 Å². The van der Waals surface area contributed by atoms with Gasteiger partial charge in [0.25, 0.3) is 0 Å². The quantitative estimate of drug-likeness (QED) is 0.910. The van der Waals surface area contributed by atoms with Crippen molar-refractivity contribution >= 4 is 10.8 Å². The number of nitrogens with two attached hydrogens (primary N) is 1. The summed E-state index contributed by atoms with van der Waals surface area (Å²) in [6, 6.07) is 17.8. The molecule has 2 nitrogen and oxygen atoms in total. The van der Waals surface area contributed by atoms with Crippen LogP contribution >= 0.6 is 0 Å². The smallest absolute Gasteiger partial charge is 0.0486 e. The predicted octanol–water partition coefficient (Wildman–Crippen LogP) is 2.94. The molecule has 100 valence electrons. The molecule has 2 unspecified atom stereocenters. The first-order chi connectivity index (χ1) is 9.15. The van der Waals surface area contributed by atoms with Crippen molar-refractivity contribution in [3.8, 4) is 0 Å². The Labute approximate surface area is 117 Å². The first-order valence-electron chi connectivity index (χ1n) is 6.36. The van der Waals surface area contributed by atoms with Crippen LogP contribution in [0, 0.1) is 6.92 Å². The summed E-state index contributed by atoms with van der Waals surface area (Å²) in [5.74, 6) is 1.07. The maximum atomic E-state index is 12.1. The Bertz CT molecular complexity index is 536. The zero-order chi connectivity index (χ0) is 13.7. The summed E-state index contributed by atoms with van der Waals surface area (Å²) < 4.78 is 12.1. The molecule has 0 aliphatic rings. The second-order valence-electron chi connectivity index (χ2n) is 4.75. The SMILES string of the molecule is Cc1ccc(C(N)CS(=O)Cc2ccccc2)cc1. The van der Waals surface area contributed by atoms with E-state index in [4.69, 9.17) is 5.73 Å². The van der Waals surface area contributed by atoms with Crippen molar-refractivity contribution in [2.24, 2.45) is 5.73 Å². The van der Waals surface area contributed by atoms with Crippen molar-refractivity contribution in [1.82, 2.24) is 0 Å². The van der Waals surface area contributed by atoms with Gasteiger partial charge >= 0.3 is 0 Å². The number of hydrogen-bond acceptors (Lipinski definition) is 2. The fourth-order valence-corrected chi connectivity index (χ4v) is 3.20. The molecular formula is C16H19NOS. The van der Waals surface area contributed by atoms with Gasteiger partial charge in [-0.05, 0) is 18.1 Å². The second kappa shape index (κ2) is 6.64. The third-order valence-electron chi connectivity index (χ3n) is 3.04. The Morgan fingerprint density at radius 1 is 1.05 bits per heavy atom. The van der Waals surface area contributed by atoms with Crippen LogP contribution in [0.3, 0.4) is 0 Å². The molecule has 2 N–H and O–H groups in total. The summed E-state index contributed by atoms with van der Waals surface area (Å²) in [5, 5.41) is 0. The molecule has 0 fully saturated rings. The van der Waals surface area contributed by atoms with Crippen LogP contribution in [-0.2, 0) is 16.6 Å². The molecule has 2 aromatic carbocycles. The van der Waals surface area contributed by atoms with E-state index in [0.29, 0.717) is 11.5 Å². The summed E-state index contributed by atoms with van der Waals surface area (Å²) in [5.41, 5.74) is 9.46. The van der Waals surface area contributed by atoms with Crippen LogP contribution in [-0.4, -0.2) is 9.96 Å². The first-order valence-corrected chi connectivity index (χ1v) is 7.85. The lowest BCUT2D eigenvalue weighted by molar-refractivity contribution is 0.674. The van der Waals surface area contributed by atoms with Crippen LogP contribution in [0.5, 0.6) is 0 Å². The highest BCUT2D eigenvalue weighted by Crippen LogP contribution is 2.14. The maximum Gasteiger partial charge on any atom is 0.0486 e. The number of rotatable bonds is 5. The van der Waals surface area contributed by atoms with Gasteiger partial charge in [0, 0.05) is 28.3 Å². The van der Waals surface area contributed by atoms with Crippen LogP contribution in [0.1, 0.15) is 22.7 Å². The average molecular weight is 273 g/mol. The first kappa shape index (κ1) is 14.0. The molecule has 0 aromatic heterocycles. The third-order valence-corrected chi connectivity index (χ3v) is 4.43. The highest BCUT2D eigenvalue weighted by atomic mass is 32.2. The molecule has 0 aliphatic carbocycles. The number of benzene rings is 2. The van der Waals surface area contributed by atoms with Crippen molar-refractivity contribution in [2.45, 2.75) is 18.7 Å². The maximum absolute atomic E-state index is 12.1. The van der Waals surface area contributed by atoms with Gasteiger partial charge in [0.15, 0.2) is 0 Å². The third kappa shape index (κ3) is 4.30. The molecule has 0 amide bonds. The Hall–Kier alpha value is -1.45. The number of aryl methyl sites for hydroxylation is 1. The summed E-state index contributed by atoms with van der Waals surface area (Å²) in [6.45, 7) is 2.04. The summed E-state index contributed by atoms with van der Waals surface area (Å²) in [4.78, 5) is 0. The van der Waals surface area contributed by atoms with Gasteiger partial charge in [0.1, 0.15) is 0 Å². The van der Waals surface area contributed by atoms with E-state index in [0.717, 1.165) is 11.1 Å². The standard InChI is InChI=1S/C16H19NOS/c1-13-7-9-15(10-8-13)16(17)12-19(18)11-14-5-3-2-4-6-14/h2-10,16H,11-12,17H2,1H3. The molecular weight excluding hydrogens is 254 g/mol. The summed E-state index contributed by atoms with van der Waals surface area (Å²) in [6.07, 6.45) is 0. The minimum absolute atomic E-state index is 0.162. The van der Waals surface area contributed by atoms with Gasteiger partial charge in [-0.15, -0.1) is 0 Å². The zero-order valence-electron chi connectivity index (χ0n) is 11.1. The van der Waals surface area contributed by atoms with Gasteiger partial charge in [-0.2, -0.15) is 0 Å². The summed E-state index contributed by atoms with van der Waals surface area (Å²) in [7, 11) is -0.932. The van der Waals surface area contributed by atoms with Crippen LogP contribution in [0.4, 0.5) is 0 Å². The molecule has 0 bridgehead atoms. The Balaban J connectivity index is 1.93. The molecule has 2 rings (SSSR count). The van der Waals surface area contributed by atoms with Gasteiger partial charge in [-0.25, -0.2) is 0 Å². The largest absolute Gasteiger partial charge is 0.323 e. The lowest BCUT2D eigenvalue weighted by Gasteiger charge is -2.12. The van der Waals surface area contributed by atoms with Crippen LogP contribution in [0.15, 0.2) is 54.6 Å². The fourth-order valence-electron chi connectivity index (χ4n) is 1.93. The lowest BCUT2D eigenvalue weighted by Crippen LogP contribution is -2.19. The topological polar surface area (TPSA) is 43.1 Å². The Kier molecular flexibility index (Phi) is 4.88. The van der Waals surface area contributed by atoms with E-state index < -0.39 is 10.8 Å². The van der Waals surface area contributed by atoms with Crippen LogP contribution < -0.4 is 5.73 Å². The normalized spacial score (nSPS) is 14.0. The van der Waals surface area contributed by atoms with Gasteiger partial charge < -0.3 is 5.73 Å². The highest BCUT2D eigenvalue weighted by molar-refractivity contribution is 7.84. The number of hydrogen-bond donors (Lipinski definition) is 1. The summed E-state index contributed by atoms with van der Waals surface area (Å²) >= 11 is 0. The van der Waals surface area contributed by atoms with Crippen molar-refractivity contribution in [3.05, 3.63) is 71.3 Å². The zero-order valence-corrected chi connectivity index (χ0v) is 11.9. The molecule has 0 saturated heterocycles. The van der Waals surface area contributed by atoms with Gasteiger partial charge in [0.2, 0.25) is 0 Å². The van der Waals surface area contributed by atoms with E-state index in [1.54, 1.807) is 0 Å². The molecule has 19 heavy (non-hydrogen) atoms. The molecule has 3 heteroatoms. The van der Waals surface area contributed by atoms with E-state index in [1.807, 2.05) is 61.5 Å². The highest BCUT2D eigenvalue weighted by Gasteiger charge is 2.10. The molecule has 2 atom stereocenters. The molecule has 0 spiro atoms. The average Bonchev–Trinajstić information content (AvgIpc) is 2.40. The van der Waals surface area contributed by atoms with E-state index in [-0.39, 0.29) is 6.04 Å². The van der Waals surface area contributed by atoms with E-state index in [9.17, 15) is 4.21 Å². The molecule has 0 radical (unpaired) electrons. The molecule has 0 heterocycles. The van der Waals surface area contributed by atoms with Crippen LogP contribution in [0.25, 0.3) is 0 Å². The minimum Gasteiger partial charge on any atom is -0.323 e. The van der Waals surface area contributed by atoms with Gasteiger partial charge in [0.05, 0.1) is 0 Å². The van der Waals surface area contributed by atoms with Crippen molar-refractivity contribution in [2.75, 3.05) is 5.75 Å². The van der Waals surface area contributed by atoms with Crippen molar-refractivity contribution in [3.63, 3.8) is 0 Å². The molecule has 0 aliphatic heterocycles. The predicted molar refractivity (Wildman–Crippen MR) is 81.3 cm³/mol. The van der Waals surface area contributed by atoms with E-state index >= 15 is 0 Å². The molecule has 2 aromatic rings. The van der Waals surface area contributed by atoms with Crippen LogP contribution in [0.2, 0.25) is 0 Å². The van der Waals surface area contributed by atoms with Gasteiger partial charge in [-0.1, -0.05) is 60.2 Å². The minimum atomic E-state index is -0.932. The van der Waals surface area contributed by atoms with Crippen molar-refractivity contribution in [1.29, 1.82) is 0 Å². The monoisotopic (exact) mass is 273 g/mol. The second-order valence-corrected chi connectivity index (χ2v) is 6.26. The van der Waals surface area contributed by atoms with Crippen molar-refractivity contribution < 1.29 is 4.21 Å².